The van der Waals surface area contributed by atoms with Gasteiger partial charge in [-0.3, -0.25) is 24.6 Å². The zero-order valence-corrected chi connectivity index (χ0v) is 32.9. The fraction of sp³-hybridized carbons (Fsp3) is 0.477. The lowest BCUT2D eigenvalue weighted by molar-refractivity contribution is -0.306. The van der Waals surface area contributed by atoms with Gasteiger partial charge < -0.3 is 19.5 Å². The highest BCUT2D eigenvalue weighted by molar-refractivity contribution is 6.01. The van der Waals surface area contributed by atoms with Gasteiger partial charge in [-0.15, -0.1) is 13.2 Å². The van der Waals surface area contributed by atoms with E-state index in [1.54, 1.807) is 54.6 Å². The molecule has 4 aliphatic rings. The molecule has 2 atom stereocenters. The predicted octanol–water partition coefficient (Wildman–Crippen LogP) is 8.71. The second-order valence-electron chi connectivity index (χ2n) is 16.2. The van der Waals surface area contributed by atoms with Crippen molar-refractivity contribution >= 4 is 39.5 Å². The van der Waals surface area contributed by atoms with Crippen molar-refractivity contribution in [2.45, 2.75) is 82.8 Å². The van der Waals surface area contributed by atoms with E-state index in [9.17, 15) is 40.7 Å². The van der Waals surface area contributed by atoms with Gasteiger partial charge in [0.15, 0.2) is 0 Å². The molecule has 2 N–H and O–H groups in total. The standard InChI is InChI=1S/C44H49F6N5O4/c1-53-27-36(34-6-2-3-7-35(34)42(53)58)31-11-10-30(23-33(24-31)59-44(48,49)50)26-54-19-4-5-28(16-20-54)8-9-29-17-21-55(22-18-29)39-14-12-32(25-37(39)43(45,46)47)51-38-13-15-40(56)52-41(38)57/h2-3,6-7,10-12,14,24-25,27-29,38,51H,4-5,8-9,13,15-23,26H2,1H3,(H,52,56,57). The summed E-state index contributed by atoms with van der Waals surface area (Å²) in [6, 6.07) is 10.3. The van der Waals surface area contributed by atoms with Crippen LogP contribution in [0.15, 0.2) is 83.0 Å². The van der Waals surface area contributed by atoms with Gasteiger partial charge in [0.05, 0.1) is 5.56 Å². The molecule has 4 heterocycles. The molecule has 0 saturated carbocycles. The lowest BCUT2D eigenvalue weighted by Crippen LogP contribution is -2.47. The minimum atomic E-state index is -4.86. The van der Waals surface area contributed by atoms with Crippen LogP contribution in [-0.2, 0) is 27.5 Å². The quantitative estimate of drug-likeness (QED) is 0.156. The molecule has 3 aliphatic heterocycles. The summed E-state index contributed by atoms with van der Waals surface area (Å²) in [7, 11) is 1.62. The van der Waals surface area contributed by atoms with E-state index in [-0.39, 0.29) is 42.0 Å². The summed E-state index contributed by atoms with van der Waals surface area (Å²) < 4.78 is 89.6. The first-order chi connectivity index (χ1) is 28.1. The van der Waals surface area contributed by atoms with Crippen LogP contribution in [0, 0.1) is 11.8 Å². The number of allylic oxidation sites excluding steroid dienone is 5. The van der Waals surface area contributed by atoms with E-state index in [1.807, 2.05) is 6.08 Å². The average Bonchev–Trinajstić information content (AvgIpc) is 3.53. The maximum absolute atomic E-state index is 14.3. The molecule has 9 nitrogen and oxygen atoms in total. The van der Waals surface area contributed by atoms with Crippen LogP contribution in [-0.4, -0.2) is 66.4 Å². The fourth-order valence-electron chi connectivity index (χ4n) is 8.95. The highest BCUT2D eigenvalue weighted by Crippen LogP contribution is 2.41. The molecule has 0 radical (unpaired) electrons. The number of nitrogens with one attached hydrogen (secondary N) is 2. The summed E-state index contributed by atoms with van der Waals surface area (Å²) in [4.78, 5) is 40.5. The fourth-order valence-corrected chi connectivity index (χ4v) is 8.95. The Bertz CT molecular complexity index is 2200. The lowest BCUT2D eigenvalue weighted by Gasteiger charge is -2.35. The van der Waals surface area contributed by atoms with Gasteiger partial charge >= 0.3 is 12.5 Å². The van der Waals surface area contributed by atoms with E-state index in [0.717, 1.165) is 69.7 Å². The number of hydrogen-bond donors (Lipinski definition) is 2. The molecule has 2 unspecified atom stereocenters. The summed E-state index contributed by atoms with van der Waals surface area (Å²) >= 11 is 0. The Hall–Kier alpha value is -5.05. The molecule has 3 saturated heterocycles. The number of anilines is 2. The second kappa shape index (κ2) is 17.7. The van der Waals surface area contributed by atoms with Gasteiger partial charge in [-0.25, -0.2) is 0 Å². The van der Waals surface area contributed by atoms with E-state index >= 15 is 0 Å². The average molecular weight is 826 g/mol. The van der Waals surface area contributed by atoms with Crippen LogP contribution in [0.25, 0.3) is 16.3 Å². The minimum absolute atomic E-state index is 0.00428. The second-order valence-corrected chi connectivity index (χ2v) is 16.2. The van der Waals surface area contributed by atoms with E-state index in [2.05, 4.69) is 20.3 Å². The third-order valence-corrected chi connectivity index (χ3v) is 12.1. The number of aromatic nitrogens is 1. The van der Waals surface area contributed by atoms with Crippen LogP contribution in [0.4, 0.5) is 37.7 Å². The molecule has 316 valence electrons. The lowest BCUT2D eigenvalue weighted by atomic mass is 9.86. The van der Waals surface area contributed by atoms with Gasteiger partial charge in [0.25, 0.3) is 5.56 Å². The number of halogens is 6. The molecular weight excluding hydrogens is 777 g/mol. The van der Waals surface area contributed by atoms with E-state index < -0.39 is 36.0 Å². The number of nitrogens with zero attached hydrogens (tertiary/aromatic N) is 3. The maximum atomic E-state index is 14.3. The van der Waals surface area contributed by atoms with Gasteiger partial charge in [-0.05, 0) is 110 Å². The molecule has 59 heavy (non-hydrogen) atoms. The molecular formula is C44H49F6N5O4. The Balaban J connectivity index is 0.935. The Labute approximate surface area is 338 Å². The largest absolute Gasteiger partial charge is 0.572 e. The summed E-state index contributed by atoms with van der Waals surface area (Å²) in [6.45, 7) is 3.12. The topological polar surface area (TPSA) is 95.9 Å². The SMILES string of the molecule is Cn1cc(C2=CC=C(CN3CCCC(CCC4CCN(c5ccc(NC6CCC(=O)NC6=O)cc5C(F)(F)F)CC4)CC3)CC(OC(F)(F)F)=C2)c2ccccc2c1=O. The monoisotopic (exact) mass is 825 g/mol. The first-order valence-electron chi connectivity index (χ1n) is 20.3. The molecule has 3 fully saturated rings. The minimum Gasteiger partial charge on any atom is -0.410 e. The van der Waals surface area contributed by atoms with Crippen molar-refractivity contribution in [1.82, 2.24) is 14.8 Å². The highest BCUT2D eigenvalue weighted by Gasteiger charge is 2.37. The van der Waals surface area contributed by atoms with Gasteiger partial charge in [-0.1, -0.05) is 43.2 Å². The zero-order valence-electron chi connectivity index (χ0n) is 32.9. The molecule has 15 heteroatoms. The summed E-state index contributed by atoms with van der Waals surface area (Å²) in [6.07, 6.45) is 4.11. The number of carbonyl (C=O) groups excluding carboxylic acids is 2. The van der Waals surface area contributed by atoms with Crippen LogP contribution in [0.2, 0.25) is 0 Å². The number of piperidine rings is 2. The van der Waals surface area contributed by atoms with Crippen molar-refractivity contribution in [2.24, 2.45) is 18.9 Å². The van der Waals surface area contributed by atoms with Crippen LogP contribution >= 0.6 is 0 Å². The number of imide groups is 1. The van der Waals surface area contributed by atoms with Crippen LogP contribution < -0.4 is 21.1 Å². The van der Waals surface area contributed by atoms with Crippen LogP contribution in [0.5, 0.6) is 0 Å². The number of benzene rings is 2. The number of ether oxygens (including phenoxy) is 1. The van der Waals surface area contributed by atoms with Crippen molar-refractivity contribution in [2.75, 3.05) is 42.9 Å². The van der Waals surface area contributed by atoms with Gasteiger partial charge in [0, 0.05) is 68.0 Å². The number of aryl methyl sites for hydroxylation is 1. The van der Waals surface area contributed by atoms with E-state index in [0.29, 0.717) is 53.4 Å². The predicted molar refractivity (Wildman–Crippen MR) is 214 cm³/mol. The third-order valence-electron chi connectivity index (χ3n) is 12.1. The Morgan fingerprint density at radius 2 is 1.56 bits per heavy atom. The van der Waals surface area contributed by atoms with Crippen LogP contribution in [0.1, 0.15) is 75.3 Å². The zero-order chi connectivity index (χ0) is 41.9. The van der Waals surface area contributed by atoms with Gasteiger partial charge in [-0.2, -0.15) is 13.2 Å². The number of fused-ring (bicyclic) bond motifs is 1. The van der Waals surface area contributed by atoms with Crippen molar-refractivity contribution in [3.8, 4) is 0 Å². The van der Waals surface area contributed by atoms with Gasteiger partial charge in [0.1, 0.15) is 11.8 Å². The molecule has 0 spiro atoms. The molecule has 7 rings (SSSR count). The molecule has 1 aromatic heterocycles. The molecule has 3 aromatic rings. The van der Waals surface area contributed by atoms with Gasteiger partial charge in [0.2, 0.25) is 11.8 Å². The molecule has 1 aliphatic carbocycles. The first-order valence-corrected chi connectivity index (χ1v) is 20.3. The van der Waals surface area contributed by atoms with Crippen molar-refractivity contribution in [1.29, 1.82) is 0 Å². The summed E-state index contributed by atoms with van der Waals surface area (Å²) in [5.41, 5.74) is 1.29. The number of alkyl halides is 6. The third kappa shape index (κ3) is 10.6. The highest BCUT2D eigenvalue weighted by atomic mass is 19.4. The van der Waals surface area contributed by atoms with E-state index in [4.69, 9.17) is 0 Å². The molecule has 2 aromatic carbocycles. The smallest absolute Gasteiger partial charge is 0.410 e. The van der Waals surface area contributed by atoms with Crippen molar-refractivity contribution in [3.63, 3.8) is 0 Å². The number of likely N-dealkylation sites (tertiary alicyclic amines) is 1. The normalized spacial score (nSPS) is 21.6. The number of carbonyl (C=O) groups is 2. The maximum Gasteiger partial charge on any atom is 0.572 e. The van der Waals surface area contributed by atoms with Crippen LogP contribution in [0.3, 0.4) is 0 Å². The first kappa shape index (κ1) is 42.1. The summed E-state index contributed by atoms with van der Waals surface area (Å²) in [5, 5.41) is 6.20. The summed E-state index contributed by atoms with van der Waals surface area (Å²) in [5.74, 6) is -0.279. The number of hydrogen-bond acceptors (Lipinski definition) is 7. The molecule has 0 bridgehead atoms. The molecule has 2 amide bonds. The Morgan fingerprint density at radius 1 is 0.847 bits per heavy atom. The number of amides is 2. The number of rotatable bonds is 10. The number of pyridine rings is 1. The Morgan fingerprint density at radius 3 is 2.27 bits per heavy atom. The van der Waals surface area contributed by atoms with E-state index in [1.165, 1.54) is 16.7 Å². The Kier molecular flexibility index (Phi) is 12.6. The van der Waals surface area contributed by atoms with Crippen molar-refractivity contribution < 1.29 is 40.7 Å². The van der Waals surface area contributed by atoms with Crippen molar-refractivity contribution in [3.05, 3.63) is 99.7 Å².